The van der Waals surface area contributed by atoms with Crippen molar-refractivity contribution in [2.75, 3.05) is 19.7 Å². The number of nitrogens with one attached hydrogen (secondary N) is 2. The fourth-order valence-corrected chi connectivity index (χ4v) is 1.82. The molecule has 0 saturated carbocycles. The summed E-state index contributed by atoms with van der Waals surface area (Å²) < 4.78 is 5.59. The second kappa shape index (κ2) is 8.39. The Hall–Kier alpha value is -0.770. The topological polar surface area (TPSA) is 50.4 Å². The molecule has 1 saturated heterocycles. The maximum absolute atomic E-state index is 11.3. The number of amides is 2. The van der Waals surface area contributed by atoms with E-state index in [-0.39, 0.29) is 6.03 Å². The minimum atomic E-state index is -0.0516. The van der Waals surface area contributed by atoms with Gasteiger partial charge in [-0.25, -0.2) is 4.79 Å². The Morgan fingerprint density at radius 1 is 1.31 bits per heavy atom. The Labute approximate surface area is 98.1 Å². The Kier molecular flexibility index (Phi) is 6.97. The van der Waals surface area contributed by atoms with Crippen molar-refractivity contribution in [3.8, 4) is 0 Å². The van der Waals surface area contributed by atoms with E-state index in [1.54, 1.807) is 0 Å². The van der Waals surface area contributed by atoms with Crippen LogP contribution in [0.25, 0.3) is 0 Å². The standard InChI is InChI=1S/C12H24N2O2/c1-2-3-8-13-12(15)14-9-7-11-6-4-5-10-16-11/h11H,2-10H2,1H3,(H2,13,14,15). The SMILES string of the molecule is CCCCNC(=O)NCCC1CCCCO1. The van der Waals surface area contributed by atoms with Gasteiger partial charge in [0, 0.05) is 19.7 Å². The normalized spacial score (nSPS) is 20.4. The first-order chi connectivity index (χ1) is 7.83. The van der Waals surface area contributed by atoms with Gasteiger partial charge in [0.1, 0.15) is 0 Å². The Bertz CT molecular complexity index is 191. The first kappa shape index (κ1) is 13.3. The van der Waals surface area contributed by atoms with Crippen molar-refractivity contribution in [2.45, 2.75) is 51.6 Å². The number of rotatable bonds is 6. The van der Waals surface area contributed by atoms with E-state index in [2.05, 4.69) is 17.6 Å². The number of unbranched alkanes of at least 4 members (excludes halogenated alkanes) is 1. The van der Waals surface area contributed by atoms with E-state index in [1.807, 2.05) is 0 Å². The third-order valence-electron chi connectivity index (χ3n) is 2.84. The minimum Gasteiger partial charge on any atom is -0.378 e. The van der Waals surface area contributed by atoms with Crippen LogP contribution in [0.3, 0.4) is 0 Å². The summed E-state index contributed by atoms with van der Waals surface area (Å²) in [7, 11) is 0. The maximum Gasteiger partial charge on any atom is 0.314 e. The molecule has 0 aromatic carbocycles. The van der Waals surface area contributed by atoms with Crippen LogP contribution in [0, 0.1) is 0 Å². The molecule has 0 aliphatic carbocycles. The van der Waals surface area contributed by atoms with Gasteiger partial charge in [0.05, 0.1) is 6.10 Å². The van der Waals surface area contributed by atoms with E-state index in [0.29, 0.717) is 12.6 Å². The molecule has 1 rings (SSSR count). The predicted octanol–water partition coefficient (Wildman–Crippen LogP) is 2.04. The fourth-order valence-electron chi connectivity index (χ4n) is 1.82. The summed E-state index contributed by atoms with van der Waals surface area (Å²) in [4.78, 5) is 11.3. The Balaban J connectivity index is 1.94. The van der Waals surface area contributed by atoms with Gasteiger partial charge in [0.2, 0.25) is 0 Å². The maximum atomic E-state index is 11.3. The van der Waals surface area contributed by atoms with Crippen molar-refractivity contribution in [3.63, 3.8) is 0 Å². The zero-order chi connectivity index (χ0) is 11.6. The van der Waals surface area contributed by atoms with Gasteiger partial charge >= 0.3 is 6.03 Å². The molecule has 0 aromatic rings. The lowest BCUT2D eigenvalue weighted by atomic mass is 10.1. The number of ether oxygens (including phenoxy) is 1. The zero-order valence-corrected chi connectivity index (χ0v) is 10.3. The van der Waals surface area contributed by atoms with Gasteiger partial charge in [-0.15, -0.1) is 0 Å². The lowest BCUT2D eigenvalue weighted by Gasteiger charge is -2.22. The molecule has 0 bridgehead atoms. The highest BCUT2D eigenvalue weighted by Crippen LogP contribution is 2.14. The summed E-state index contributed by atoms with van der Waals surface area (Å²) in [6.07, 6.45) is 7.01. The minimum absolute atomic E-state index is 0.0516. The van der Waals surface area contributed by atoms with E-state index in [1.165, 1.54) is 12.8 Å². The van der Waals surface area contributed by atoms with Gasteiger partial charge in [-0.1, -0.05) is 13.3 Å². The molecule has 1 atom stereocenters. The van der Waals surface area contributed by atoms with Gasteiger partial charge in [0.15, 0.2) is 0 Å². The molecular weight excluding hydrogens is 204 g/mol. The molecule has 0 aromatic heterocycles. The van der Waals surface area contributed by atoms with Gasteiger partial charge in [-0.05, 0) is 32.1 Å². The van der Waals surface area contributed by atoms with Crippen LogP contribution in [-0.2, 0) is 4.74 Å². The molecule has 2 N–H and O–H groups in total. The number of hydrogen-bond donors (Lipinski definition) is 2. The molecule has 94 valence electrons. The van der Waals surface area contributed by atoms with Crippen LogP contribution in [0.2, 0.25) is 0 Å². The summed E-state index contributed by atoms with van der Waals surface area (Å²) in [6.45, 7) is 4.47. The highest BCUT2D eigenvalue weighted by molar-refractivity contribution is 5.73. The first-order valence-corrected chi connectivity index (χ1v) is 6.46. The summed E-state index contributed by atoms with van der Waals surface area (Å²) in [5.41, 5.74) is 0. The van der Waals surface area contributed by atoms with Gasteiger partial charge < -0.3 is 15.4 Å². The Morgan fingerprint density at radius 2 is 2.12 bits per heavy atom. The largest absolute Gasteiger partial charge is 0.378 e. The van der Waals surface area contributed by atoms with Gasteiger partial charge in [-0.3, -0.25) is 0 Å². The van der Waals surface area contributed by atoms with Crippen molar-refractivity contribution in [2.24, 2.45) is 0 Å². The lowest BCUT2D eigenvalue weighted by molar-refractivity contribution is 0.0120. The fraction of sp³-hybridized carbons (Fsp3) is 0.917. The summed E-state index contributed by atoms with van der Waals surface area (Å²) in [6, 6.07) is -0.0516. The van der Waals surface area contributed by atoms with Crippen molar-refractivity contribution in [1.82, 2.24) is 10.6 Å². The smallest absolute Gasteiger partial charge is 0.314 e. The highest BCUT2D eigenvalue weighted by Gasteiger charge is 2.13. The molecule has 2 amide bonds. The van der Waals surface area contributed by atoms with Crippen LogP contribution in [-0.4, -0.2) is 31.8 Å². The molecule has 4 heteroatoms. The second-order valence-corrected chi connectivity index (χ2v) is 4.31. The van der Waals surface area contributed by atoms with Crippen LogP contribution >= 0.6 is 0 Å². The van der Waals surface area contributed by atoms with E-state index >= 15 is 0 Å². The Morgan fingerprint density at radius 3 is 2.81 bits per heavy atom. The van der Waals surface area contributed by atoms with Crippen LogP contribution < -0.4 is 10.6 Å². The number of carbonyl (C=O) groups excluding carboxylic acids is 1. The van der Waals surface area contributed by atoms with Crippen LogP contribution in [0.1, 0.15) is 45.4 Å². The molecule has 1 aliphatic heterocycles. The molecule has 1 aliphatic rings. The third-order valence-corrected chi connectivity index (χ3v) is 2.84. The summed E-state index contributed by atoms with van der Waals surface area (Å²) in [5, 5.41) is 5.69. The lowest BCUT2D eigenvalue weighted by Crippen LogP contribution is -2.37. The molecule has 0 spiro atoms. The molecule has 16 heavy (non-hydrogen) atoms. The molecular formula is C12H24N2O2. The van der Waals surface area contributed by atoms with Crippen molar-refractivity contribution in [3.05, 3.63) is 0 Å². The van der Waals surface area contributed by atoms with Crippen molar-refractivity contribution >= 4 is 6.03 Å². The molecule has 0 radical (unpaired) electrons. The van der Waals surface area contributed by atoms with Crippen LogP contribution in [0.15, 0.2) is 0 Å². The van der Waals surface area contributed by atoms with Crippen molar-refractivity contribution < 1.29 is 9.53 Å². The summed E-state index contributed by atoms with van der Waals surface area (Å²) in [5.74, 6) is 0. The monoisotopic (exact) mass is 228 g/mol. The average molecular weight is 228 g/mol. The van der Waals surface area contributed by atoms with E-state index < -0.39 is 0 Å². The number of urea groups is 1. The molecule has 1 fully saturated rings. The third kappa shape index (κ3) is 5.95. The van der Waals surface area contributed by atoms with Crippen molar-refractivity contribution in [1.29, 1.82) is 0 Å². The zero-order valence-electron chi connectivity index (χ0n) is 10.3. The highest BCUT2D eigenvalue weighted by atomic mass is 16.5. The van der Waals surface area contributed by atoms with Gasteiger partial charge in [-0.2, -0.15) is 0 Å². The number of carbonyl (C=O) groups is 1. The number of hydrogen-bond acceptors (Lipinski definition) is 2. The van der Waals surface area contributed by atoms with Crippen LogP contribution in [0.4, 0.5) is 4.79 Å². The van der Waals surface area contributed by atoms with E-state index in [4.69, 9.17) is 4.74 Å². The first-order valence-electron chi connectivity index (χ1n) is 6.46. The van der Waals surface area contributed by atoms with E-state index in [0.717, 1.165) is 38.8 Å². The molecule has 4 nitrogen and oxygen atoms in total. The molecule has 1 heterocycles. The van der Waals surface area contributed by atoms with Crippen LogP contribution in [0.5, 0.6) is 0 Å². The average Bonchev–Trinajstić information content (AvgIpc) is 2.31. The summed E-state index contributed by atoms with van der Waals surface area (Å²) >= 11 is 0. The van der Waals surface area contributed by atoms with Gasteiger partial charge in [0.25, 0.3) is 0 Å². The second-order valence-electron chi connectivity index (χ2n) is 4.31. The predicted molar refractivity (Wildman–Crippen MR) is 64.5 cm³/mol. The van der Waals surface area contributed by atoms with E-state index in [9.17, 15) is 4.79 Å². The quantitative estimate of drug-likeness (QED) is 0.684. The molecule has 1 unspecified atom stereocenters.